The Hall–Kier alpha value is -1.87. The first kappa shape index (κ1) is 11.6. The van der Waals surface area contributed by atoms with Gasteiger partial charge in [-0.2, -0.15) is 0 Å². The lowest BCUT2D eigenvalue weighted by Gasteiger charge is -2.08. The zero-order valence-corrected chi connectivity index (χ0v) is 10.1. The smallest absolute Gasteiger partial charge is 0.145 e. The molecule has 2 rings (SSSR count). The molecular formula is C14H16N2O. The van der Waals surface area contributed by atoms with E-state index in [9.17, 15) is 0 Å². The zero-order valence-electron chi connectivity index (χ0n) is 10.1. The number of benzene rings is 1. The van der Waals surface area contributed by atoms with Crippen molar-refractivity contribution in [2.24, 2.45) is 5.73 Å². The standard InChI is InChI=1S/C14H16N2O/c1-10-7-13(6-4-12(10)8-15)17-14-5-3-11(2)16-9-14/h3-7,9H,8,15H2,1-2H3. The second-order valence-electron chi connectivity index (χ2n) is 4.03. The molecule has 1 aromatic carbocycles. The first-order valence-electron chi connectivity index (χ1n) is 5.59. The fourth-order valence-electron chi connectivity index (χ4n) is 1.61. The number of pyridine rings is 1. The monoisotopic (exact) mass is 228 g/mol. The van der Waals surface area contributed by atoms with E-state index in [1.54, 1.807) is 6.20 Å². The van der Waals surface area contributed by atoms with Gasteiger partial charge in [-0.1, -0.05) is 6.07 Å². The molecular weight excluding hydrogens is 212 g/mol. The van der Waals surface area contributed by atoms with Gasteiger partial charge < -0.3 is 10.5 Å². The fraction of sp³-hybridized carbons (Fsp3) is 0.214. The predicted octanol–water partition coefficient (Wildman–Crippen LogP) is 2.95. The van der Waals surface area contributed by atoms with Crippen LogP contribution in [0.3, 0.4) is 0 Å². The molecule has 0 spiro atoms. The zero-order chi connectivity index (χ0) is 12.3. The average Bonchev–Trinajstić information content (AvgIpc) is 2.32. The lowest BCUT2D eigenvalue weighted by molar-refractivity contribution is 0.479. The summed E-state index contributed by atoms with van der Waals surface area (Å²) in [4.78, 5) is 4.19. The molecule has 0 amide bonds. The molecule has 88 valence electrons. The summed E-state index contributed by atoms with van der Waals surface area (Å²) in [7, 11) is 0. The Kier molecular flexibility index (Phi) is 3.40. The van der Waals surface area contributed by atoms with Gasteiger partial charge in [-0.05, 0) is 49.2 Å². The number of ether oxygens (including phenoxy) is 1. The maximum Gasteiger partial charge on any atom is 0.145 e. The molecule has 0 saturated carbocycles. The van der Waals surface area contributed by atoms with Crippen LogP contribution in [0.4, 0.5) is 0 Å². The van der Waals surface area contributed by atoms with Crippen LogP contribution in [0.15, 0.2) is 36.5 Å². The number of nitrogens with zero attached hydrogens (tertiary/aromatic N) is 1. The van der Waals surface area contributed by atoms with Crippen LogP contribution >= 0.6 is 0 Å². The van der Waals surface area contributed by atoms with Gasteiger partial charge >= 0.3 is 0 Å². The van der Waals surface area contributed by atoms with Crippen molar-refractivity contribution in [3.63, 3.8) is 0 Å². The summed E-state index contributed by atoms with van der Waals surface area (Å²) in [5, 5.41) is 0. The minimum absolute atomic E-state index is 0.554. The van der Waals surface area contributed by atoms with Crippen molar-refractivity contribution in [3.05, 3.63) is 53.3 Å². The van der Waals surface area contributed by atoms with Gasteiger partial charge in [-0.25, -0.2) is 0 Å². The van der Waals surface area contributed by atoms with Crippen molar-refractivity contribution in [1.82, 2.24) is 4.98 Å². The maximum atomic E-state index is 5.71. The SMILES string of the molecule is Cc1ccc(Oc2ccc(CN)c(C)c2)cn1. The molecule has 0 unspecified atom stereocenters. The molecule has 3 heteroatoms. The molecule has 2 N–H and O–H groups in total. The van der Waals surface area contributed by atoms with E-state index < -0.39 is 0 Å². The molecule has 3 nitrogen and oxygen atoms in total. The van der Waals surface area contributed by atoms with Crippen LogP contribution < -0.4 is 10.5 Å². The Morgan fingerprint density at radius 2 is 1.88 bits per heavy atom. The lowest BCUT2D eigenvalue weighted by Crippen LogP contribution is -1.99. The van der Waals surface area contributed by atoms with E-state index >= 15 is 0 Å². The molecule has 2 aromatic rings. The summed E-state index contributed by atoms with van der Waals surface area (Å²) in [5.41, 5.74) is 8.88. The summed E-state index contributed by atoms with van der Waals surface area (Å²) in [5.74, 6) is 1.56. The molecule has 0 radical (unpaired) electrons. The van der Waals surface area contributed by atoms with Crippen LogP contribution in [0, 0.1) is 13.8 Å². The van der Waals surface area contributed by atoms with E-state index in [-0.39, 0.29) is 0 Å². The topological polar surface area (TPSA) is 48.1 Å². The molecule has 0 aliphatic carbocycles. The minimum Gasteiger partial charge on any atom is -0.456 e. The third-order valence-electron chi connectivity index (χ3n) is 2.65. The van der Waals surface area contributed by atoms with Crippen LogP contribution in [-0.2, 0) is 6.54 Å². The first-order valence-corrected chi connectivity index (χ1v) is 5.59. The Morgan fingerprint density at radius 1 is 1.12 bits per heavy atom. The molecule has 0 bridgehead atoms. The quantitative estimate of drug-likeness (QED) is 0.878. The third kappa shape index (κ3) is 2.82. The molecule has 1 aromatic heterocycles. The van der Waals surface area contributed by atoms with Crippen molar-refractivity contribution in [1.29, 1.82) is 0 Å². The Labute approximate surface area is 101 Å². The Bertz CT molecular complexity index is 506. The average molecular weight is 228 g/mol. The van der Waals surface area contributed by atoms with E-state index in [1.807, 2.05) is 44.2 Å². The number of aryl methyl sites for hydroxylation is 2. The summed E-state index contributed by atoms with van der Waals surface area (Å²) in [6.07, 6.45) is 1.72. The van der Waals surface area contributed by atoms with E-state index in [2.05, 4.69) is 4.98 Å². The normalized spacial score (nSPS) is 10.3. The van der Waals surface area contributed by atoms with Crippen molar-refractivity contribution in [2.75, 3.05) is 0 Å². The minimum atomic E-state index is 0.554. The number of aromatic nitrogens is 1. The maximum absolute atomic E-state index is 5.71. The Balaban J connectivity index is 2.19. The molecule has 1 heterocycles. The second-order valence-corrected chi connectivity index (χ2v) is 4.03. The third-order valence-corrected chi connectivity index (χ3v) is 2.65. The predicted molar refractivity (Wildman–Crippen MR) is 68.1 cm³/mol. The summed E-state index contributed by atoms with van der Waals surface area (Å²) >= 11 is 0. The summed E-state index contributed by atoms with van der Waals surface area (Å²) < 4.78 is 5.71. The van der Waals surface area contributed by atoms with Gasteiger partial charge in [-0.3, -0.25) is 4.98 Å². The van der Waals surface area contributed by atoms with Crippen molar-refractivity contribution >= 4 is 0 Å². The van der Waals surface area contributed by atoms with Crippen LogP contribution in [0.1, 0.15) is 16.8 Å². The van der Waals surface area contributed by atoms with Crippen LogP contribution in [0.25, 0.3) is 0 Å². The molecule has 17 heavy (non-hydrogen) atoms. The van der Waals surface area contributed by atoms with Gasteiger partial charge in [0.1, 0.15) is 11.5 Å². The molecule has 0 aliphatic heterocycles. The van der Waals surface area contributed by atoms with E-state index in [0.717, 1.165) is 28.3 Å². The molecule has 0 saturated heterocycles. The molecule has 0 aliphatic rings. The van der Waals surface area contributed by atoms with Crippen molar-refractivity contribution in [3.8, 4) is 11.5 Å². The number of hydrogen-bond acceptors (Lipinski definition) is 3. The van der Waals surface area contributed by atoms with Crippen LogP contribution in [0.5, 0.6) is 11.5 Å². The summed E-state index contributed by atoms with van der Waals surface area (Å²) in [6.45, 7) is 4.53. The highest BCUT2D eigenvalue weighted by Gasteiger charge is 2.01. The summed E-state index contributed by atoms with van der Waals surface area (Å²) in [6, 6.07) is 9.74. The Morgan fingerprint density at radius 3 is 2.47 bits per heavy atom. The van der Waals surface area contributed by atoms with Crippen molar-refractivity contribution < 1.29 is 4.74 Å². The van der Waals surface area contributed by atoms with Gasteiger partial charge in [0.2, 0.25) is 0 Å². The van der Waals surface area contributed by atoms with Gasteiger partial charge in [-0.15, -0.1) is 0 Å². The van der Waals surface area contributed by atoms with Gasteiger partial charge in [0.15, 0.2) is 0 Å². The highest BCUT2D eigenvalue weighted by molar-refractivity contribution is 5.37. The molecule has 0 atom stereocenters. The van der Waals surface area contributed by atoms with E-state index in [0.29, 0.717) is 6.54 Å². The van der Waals surface area contributed by atoms with Crippen LogP contribution in [0.2, 0.25) is 0 Å². The largest absolute Gasteiger partial charge is 0.456 e. The number of rotatable bonds is 3. The lowest BCUT2D eigenvalue weighted by atomic mass is 10.1. The number of hydrogen-bond donors (Lipinski definition) is 1. The highest BCUT2D eigenvalue weighted by Crippen LogP contribution is 2.23. The van der Waals surface area contributed by atoms with Crippen molar-refractivity contribution in [2.45, 2.75) is 20.4 Å². The molecule has 0 fully saturated rings. The van der Waals surface area contributed by atoms with Gasteiger partial charge in [0, 0.05) is 12.2 Å². The van der Waals surface area contributed by atoms with Crippen LogP contribution in [-0.4, -0.2) is 4.98 Å². The highest BCUT2D eigenvalue weighted by atomic mass is 16.5. The second kappa shape index (κ2) is 4.97. The van der Waals surface area contributed by atoms with Gasteiger partial charge in [0.05, 0.1) is 6.20 Å². The van der Waals surface area contributed by atoms with E-state index in [4.69, 9.17) is 10.5 Å². The number of nitrogens with two attached hydrogens (primary N) is 1. The fourth-order valence-corrected chi connectivity index (χ4v) is 1.61. The van der Waals surface area contributed by atoms with E-state index in [1.165, 1.54) is 0 Å². The first-order chi connectivity index (χ1) is 8.19. The van der Waals surface area contributed by atoms with Gasteiger partial charge in [0.25, 0.3) is 0 Å².